The molecular formula is C11H17N5O2. The van der Waals surface area contributed by atoms with Crippen LogP contribution in [0.3, 0.4) is 0 Å². The summed E-state index contributed by atoms with van der Waals surface area (Å²) in [5, 5.41) is 20.6. The van der Waals surface area contributed by atoms with E-state index in [4.69, 9.17) is 4.52 Å². The predicted octanol–water partition coefficient (Wildman–Crippen LogP) is -0.232. The van der Waals surface area contributed by atoms with Crippen molar-refractivity contribution in [3.05, 3.63) is 30.2 Å². The first-order valence-electron chi connectivity index (χ1n) is 5.89. The molecule has 2 heterocycles. The summed E-state index contributed by atoms with van der Waals surface area (Å²) in [6, 6.07) is 1.83. The molecule has 7 nitrogen and oxygen atoms in total. The molecule has 0 spiro atoms. The number of aliphatic hydroxyl groups is 1. The van der Waals surface area contributed by atoms with Gasteiger partial charge in [-0.05, 0) is 13.0 Å². The zero-order valence-electron chi connectivity index (χ0n) is 10.3. The van der Waals surface area contributed by atoms with Crippen LogP contribution in [0.5, 0.6) is 0 Å². The molecule has 1 unspecified atom stereocenters. The fourth-order valence-electron chi connectivity index (χ4n) is 1.59. The predicted molar refractivity (Wildman–Crippen MR) is 63.8 cm³/mol. The molecule has 0 aliphatic heterocycles. The molecule has 98 valence electrons. The lowest BCUT2D eigenvalue weighted by Gasteiger charge is -2.11. The molecule has 0 saturated heterocycles. The third-order valence-electron chi connectivity index (χ3n) is 2.42. The second-order valence-electron chi connectivity index (χ2n) is 4.07. The molecule has 2 aromatic heterocycles. The van der Waals surface area contributed by atoms with Crippen molar-refractivity contribution in [3.63, 3.8) is 0 Å². The van der Waals surface area contributed by atoms with Crippen molar-refractivity contribution in [2.24, 2.45) is 0 Å². The smallest absolute Gasteiger partial charge is 0.227 e. The van der Waals surface area contributed by atoms with E-state index in [1.807, 2.05) is 12.3 Å². The largest absolute Gasteiger partial charge is 0.390 e. The Hall–Kier alpha value is -1.73. The average molecular weight is 251 g/mol. The highest BCUT2D eigenvalue weighted by molar-refractivity contribution is 4.83. The van der Waals surface area contributed by atoms with Crippen LogP contribution >= 0.6 is 0 Å². The van der Waals surface area contributed by atoms with Crippen molar-refractivity contribution in [3.8, 4) is 0 Å². The maximum Gasteiger partial charge on any atom is 0.227 e. The molecule has 0 aromatic carbocycles. The van der Waals surface area contributed by atoms with Crippen molar-refractivity contribution in [2.45, 2.75) is 26.0 Å². The summed E-state index contributed by atoms with van der Waals surface area (Å²) in [7, 11) is 0. The Labute approximate surface area is 105 Å². The van der Waals surface area contributed by atoms with E-state index in [1.165, 1.54) is 0 Å². The molecule has 7 heteroatoms. The number of hydrogen-bond donors (Lipinski definition) is 2. The maximum atomic E-state index is 9.75. The topological polar surface area (TPSA) is 89.0 Å². The quantitative estimate of drug-likeness (QED) is 0.661. The molecule has 1 atom stereocenters. The highest BCUT2D eigenvalue weighted by Crippen LogP contribution is 1.96. The summed E-state index contributed by atoms with van der Waals surface area (Å²) < 4.78 is 6.68. The van der Waals surface area contributed by atoms with Crippen molar-refractivity contribution in [1.82, 2.24) is 25.2 Å². The van der Waals surface area contributed by atoms with Gasteiger partial charge in [-0.2, -0.15) is 10.1 Å². The Balaban J connectivity index is 1.60. The number of aryl methyl sites for hydroxylation is 1. The molecule has 0 aliphatic carbocycles. The van der Waals surface area contributed by atoms with Crippen LogP contribution in [0, 0.1) is 6.92 Å². The maximum absolute atomic E-state index is 9.75. The zero-order chi connectivity index (χ0) is 12.8. The average Bonchev–Trinajstić information content (AvgIpc) is 2.96. The molecule has 0 fully saturated rings. The highest BCUT2D eigenvalue weighted by Gasteiger charge is 2.06. The molecule has 0 aliphatic rings. The van der Waals surface area contributed by atoms with E-state index in [2.05, 4.69) is 20.6 Å². The van der Waals surface area contributed by atoms with Gasteiger partial charge in [0.2, 0.25) is 5.89 Å². The summed E-state index contributed by atoms with van der Waals surface area (Å²) >= 11 is 0. The molecule has 0 amide bonds. The Kier molecular flexibility index (Phi) is 4.43. The van der Waals surface area contributed by atoms with Gasteiger partial charge in [-0.1, -0.05) is 5.16 Å². The summed E-state index contributed by atoms with van der Waals surface area (Å²) in [5.41, 5.74) is 0. The molecule has 0 saturated carbocycles. The first-order valence-corrected chi connectivity index (χ1v) is 5.89. The van der Waals surface area contributed by atoms with Crippen LogP contribution in [0.15, 0.2) is 23.0 Å². The SMILES string of the molecule is Cc1noc(CCNCC(O)Cn2cccn2)n1. The fourth-order valence-corrected chi connectivity index (χ4v) is 1.59. The van der Waals surface area contributed by atoms with Gasteiger partial charge in [0.05, 0.1) is 12.6 Å². The molecule has 2 aromatic rings. The summed E-state index contributed by atoms with van der Waals surface area (Å²) in [5.74, 6) is 1.25. The van der Waals surface area contributed by atoms with Crippen LogP contribution in [0.25, 0.3) is 0 Å². The van der Waals surface area contributed by atoms with Crippen molar-refractivity contribution in [2.75, 3.05) is 13.1 Å². The summed E-state index contributed by atoms with van der Waals surface area (Å²) in [6.45, 7) is 3.47. The van der Waals surface area contributed by atoms with Crippen molar-refractivity contribution >= 4 is 0 Å². The van der Waals surface area contributed by atoms with Gasteiger partial charge in [-0.15, -0.1) is 0 Å². The lowest BCUT2D eigenvalue weighted by atomic mass is 10.3. The van der Waals surface area contributed by atoms with Gasteiger partial charge in [0, 0.05) is 31.9 Å². The zero-order valence-corrected chi connectivity index (χ0v) is 10.3. The second-order valence-corrected chi connectivity index (χ2v) is 4.07. The highest BCUT2D eigenvalue weighted by atomic mass is 16.5. The third kappa shape index (κ3) is 3.94. The van der Waals surface area contributed by atoms with E-state index < -0.39 is 6.10 Å². The van der Waals surface area contributed by atoms with Crippen LogP contribution in [0.4, 0.5) is 0 Å². The van der Waals surface area contributed by atoms with Crippen molar-refractivity contribution < 1.29 is 9.63 Å². The Bertz CT molecular complexity index is 454. The Morgan fingerprint density at radius 1 is 1.56 bits per heavy atom. The molecule has 2 rings (SSSR count). The van der Waals surface area contributed by atoms with E-state index in [1.54, 1.807) is 17.8 Å². The fraction of sp³-hybridized carbons (Fsp3) is 0.545. The molecule has 18 heavy (non-hydrogen) atoms. The minimum Gasteiger partial charge on any atom is -0.390 e. The van der Waals surface area contributed by atoms with E-state index in [-0.39, 0.29) is 0 Å². The number of rotatable bonds is 7. The number of nitrogens with zero attached hydrogens (tertiary/aromatic N) is 4. The first kappa shape index (κ1) is 12.7. The van der Waals surface area contributed by atoms with Gasteiger partial charge in [-0.25, -0.2) is 0 Å². The first-order chi connectivity index (χ1) is 8.74. The summed E-state index contributed by atoms with van der Waals surface area (Å²) in [4.78, 5) is 4.09. The van der Waals surface area contributed by atoms with E-state index >= 15 is 0 Å². The number of aliphatic hydroxyl groups excluding tert-OH is 1. The third-order valence-corrected chi connectivity index (χ3v) is 2.42. The van der Waals surface area contributed by atoms with Crippen molar-refractivity contribution in [1.29, 1.82) is 0 Å². The van der Waals surface area contributed by atoms with Crippen LogP contribution in [-0.4, -0.2) is 44.2 Å². The minimum absolute atomic E-state index is 0.464. The molecular weight excluding hydrogens is 234 g/mol. The molecule has 0 radical (unpaired) electrons. The number of nitrogens with one attached hydrogen (secondary N) is 1. The van der Waals surface area contributed by atoms with Gasteiger partial charge in [0.1, 0.15) is 0 Å². The lowest BCUT2D eigenvalue weighted by Crippen LogP contribution is -2.31. The number of aromatic nitrogens is 4. The minimum atomic E-state index is -0.464. The summed E-state index contributed by atoms with van der Waals surface area (Å²) in [6.07, 6.45) is 3.71. The Morgan fingerprint density at radius 2 is 2.44 bits per heavy atom. The van der Waals surface area contributed by atoms with Gasteiger partial charge in [-0.3, -0.25) is 4.68 Å². The monoisotopic (exact) mass is 251 g/mol. The molecule has 2 N–H and O–H groups in total. The van der Waals surface area contributed by atoms with E-state index in [0.29, 0.717) is 37.8 Å². The second kappa shape index (κ2) is 6.27. The lowest BCUT2D eigenvalue weighted by molar-refractivity contribution is 0.147. The normalized spacial score (nSPS) is 12.8. The van der Waals surface area contributed by atoms with E-state index in [9.17, 15) is 5.11 Å². The van der Waals surface area contributed by atoms with Crippen LogP contribution in [0.2, 0.25) is 0 Å². The van der Waals surface area contributed by atoms with E-state index in [0.717, 1.165) is 0 Å². The van der Waals surface area contributed by atoms with Gasteiger partial charge in [0.25, 0.3) is 0 Å². The van der Waals surface area contributed by atoms with Gasteiger partial charge in [0.15, 0.2) is 5.82 Å². The Morgan fingerprint density at radius 3 is 3.11 bits per heavy atom. The van der Waals surface area contributed by atoms with Crippen LogP contribution < -0.4 is 5.32 Å². The molecule has 0 bridgehead atoms. The van der Waals surface area contributed by atoms with Gasteiger partial charge >= 0.3 is 0 Å². The standard InChI is InChI=1S/C11H17N5O2/c1-9-14-11(18-15-9)3-5-12-7-10(17)8-16-6-2-4-13-16/h2,4,6,10,12,17H,3,5,7-8H2,1H3. The van der Waals surface area contributed by atoms with Crippen LogP contribution in [-0.2, 0) is 13.0 Å². The van der Waals surface area contributed by atoms with Gasteiger partial charge < -0.3 is 14.9 Å². The number of hydrogen-bond acceptors (Lipinski definition) is 6. The van der Waals surface area contributed by atoms with Crippen LogP contribution in [0.1, 0.15) is 11.7 Å².